The standard InChI is InChI=1S/C11H22IN/c1-9-7-10(2)11(3)13(8-9)6-4-5-12/h9-11H,4-8H2,1-3H3. The lowest BCUT2D eigenvalue weighted by Gasteiger charge is -2.41. The molecule has 2 heteroatoms. The van der Waals surface area contributed by atoms with Crippen LogP contribution < -0.4 is 0 Å². The molecule has 0 bridgehead atoms. The summed E-state index contributed by atoms with van der Waals surface area (Å²) in [4.78, 5) is 2.68. The molecule has 3 unspecified atom stereocenters. The van der Waals surface area contributed by atoms with Gasteiger partial charge in [-0.05, 0) is 38.1 Å². The van der Waals surface area contributed by atoms with E-state index in [1.807, 2.05) is 0 Å². The fraction of sp³-hybridized carbons (Fsp3) is 1.00. The number of likely N-dealkylation sites (tertiary alicyclic amines) is 1. The maximum atomic E-state index is 2.68. The van der Waals surface area contributed by atoms with Crippen LogP contribution in [0.4, 0.5) is 0 Å². The fourth-order valence-electron chi connectivity index (χ4n) is 2.39. The normalized spacial score (nSPS) is 36.5. The fourth-order valence-corrected chi connectivity index (χ4v) is 2.73. The lowest BCUT2D eigenvalue weighted by molar-refractivity contribution is 0.0805. The average molecular weight is 295 g/mol. The monoisotopic (exact) mass is 295 g/mol. The minimum Gasteiger partial charge on any atom is -0.300 e. The summed E-state index contributed by atoms with van der Waals surface area (Å²) >= 11 is 2.47. The molecular weight excluding hydrogens is 273 g/mol. The number of alkyl halides is 1. The highest BCUT2D eigenvalue weighted by Crippen LogP contribution is 2.26. The van der Waals surface area contributed by atoms with Crippen molar-refractivity contribution in [1.29, 1.82) is 0 Å². The molecule has 0 aromatic heterocycles. The maximum Gasteiger partial charge on any atom is 0.00927 e. The average Bonchev–Trinajstić information content (AvgIpc) is 2.09. The molecule has 1 fully saturated rings. The van der Waals surface area contributed by atoms with Gasteiger partial charge in [-0.15, -0.1) is 0 Å². The van der Waals surface area contributed by atoms with E-state index in [9.17, 15) is 0 Å². The molecule has 13 heavy (non-hydrogen) atoms. The number of piperidine rings is 1. The van der Waals surface area contributed by atoms with Crippen LogP contribution in [0.2, 0.25) is 0 Å². The summed E-state index contributed by atoms with van der Waals surface area (Å²) in [6.45, 7) is 9.81. The predicted octanol–water partition coefficient (Wildman–Crippen LogP) is 3.18. The lowest BCUT2D eigenvalue weighted by Crippen LogP contribution is -2.46. The van der Waals surface area contributed by atoms with Gasteiger partial charge in [0.25, 0.3) is 0 Å². The largest absolute Gasteiger partial charge is 0.300 e. The SMILES string of the molecule is CC1CC(C)C(C)N(CCCI)C1. The molecule has 1 aliphatic rings. The molecule has 0 N–H and O–H groups in total. The van der Waals surface area contributed by atoms with Crippen molar-refractivity contribution in [2.75, 3.05) is 17.5 Å². The molecule has 0 saturated carbocycles. The third-order valence-electron chi connectivity index (χ3n) is 3.30. The van der Waals surface area contributed by atoms with E-state index in [1.54, 1.807) is 0 Å². The van der Waals surface area contributed by atoms with Crippen molar-refractivity contribution >= 4 is 22.6 Å². The minimum absolute atomic E-state index is 0.805. The first kappa shape index (κ1) is 11.8. The smallest absolute Gasteiger partial charge is 0.00927 e. The maximum absolute atomic E-state index is 2.68. The van der Waals surface area contributed by atoms with Crippen molar-refractivity contribution in [3.05, 3.63) is 0 Å². The number of rotatable bonds is 3. The van der Waals surface area contributed by atoms with Gasteiger partial charge >= 0.3 is 0 Å². The van der Waals surface area contributed by atoms with Crippen LogP contribution in [0, 0.1) is 11.8 Å². The Hall–Kier alpha value is 0.690. The minimum atomic E-state index is 0.805. The Labute approximate surface area is 96.4 Å². The van der Waals surface area contributed by atoms with Crippen LogP contribution in [-0.4, -0.2) is 28.5 Å². The molecule has 0 spiro atoms. The van der Waals surface area contributed by atoms with Crippen molar-refractivity contribution in [3.8, 4) is 0 Å². The van der Waals surface area contributed by atoms with Gasteiger partial charge in [-0.1, -0.05) is 36.4 Å². The molecule has 0 aromatic rings. The van der Waals surface area contributed by atoms with E-state index in [1.165, 1.54) is 30.4 Å². The third-order valence-corrected chi connectivity index (χ3v) is 4.06. The second kappa shape index (κ2) is 5.54. The van der Waals surface area contributed by atoms with Crippen LogP contribution in [0.5, 0.6) is 0 Å². The molecule has 1 rings (SSSR count). The number of hydrogen-bond acceptors (Lipinski definition) is 1. The third kappa shape index (κ3) is 3.39. The van der Waals surface area contributed by atoms with Gasteiger partial charge < -0.3 is 4.90 Å². The van der Waals surface area contributed by atoms with Gasteiger partial charge in [0, 0.05) is 17.0 Å². The van der Waals surface area contributed by atoms with Crippen LogP contribution in [0.15, 0.2) is 0 Å². The van der Waals surface area contributed by atoms with Crippen LogP contribution in [0.3, 0.4) is 0 Å². The summed E-state index contributed by atoms with van der Waals surface area (Å²) in [6, 6.07) is 0.805. The van der Waals surface area contributed by atoms with E-state index in [4.69, 9.17) is 0 Å². The second-order valence-electron chi connectivity index (χ2n) is 4.60. The highest BCUT2D eigenvalue weighted by Gasteiger charge is 2.27. The summed E-state index contributed by atoms with van der Waals surface area (Å²) in [5.74, 6) is 1.79. The van der Waals surface area contributed by atoms with Gasteiger partial charge in [-0.3, -0.25) is 0 Å². The summed E-state index contributed by atoms with van der Waals surface area (Å²) in [5, 5.41) is 0. The summed E-state index contributed by atoms with van der Waals surface area (Å²) in [5.41, 5.74) is 0. The summed E-state index contributed by atoms with van der Waals surface area (Å²) in [7, 11) is 0. The molecule has 1 heterocycles. The molecule has 78 valence electrons. The zero-order valence-electron chi connectivity index (χ0n) is 9.09. The van der Waals surface area contributed by atoms with E-state index in [0.717, 1.165) is 17.9 Å². The van der Waals surface area contributed by atoms with Crippen LogP contribution in [0.1, 0.15) is 33.6 Å². The Balaban J connectivity index is 2.41. The van der Waals surface area contributed by atoms with E-state index >= 15 is 0 Å². The van der Waals surface area contributed by atoms with Crippen molar-refractivity contribution in [2.24, 2.45) is 11.8 Å². The zero-order valence-corrected chi connectivity index (χ0v) is 11.3. The quantitative estimate of drug-likeness (QED) is 0.571. The Kier molecular flexibility index (Phi) is 5.01. The molecule has 3 atom stereocenters. The van der Waals surface area contributed by atoms with Crippen LogP contribution in [-0.2, 0) is 0 Å². The Morgan fingerprint density at radius 2 is 2.00 bits per heavy atom. The van der Waals surface area contributed by atoms with Crippen molar-refractivity contribution in [2.45, 2.75) is 39.7 Å². The van der Waals surface area contributed by atoms with Crippen molar-refractivity contribution in [1.82, 2.24) is 4.90 Å². The number of halogens is 1. The number of nitrogens with zero attached hydrogens (tertiary/aromatic N) is 1. The van der Waals surface area contributed by atoms with Crippen molar-refractivity contribution in [3.63, 3.8) is 0 Å². The lowest BCUT2D eigenvalue weighted by atomic mass is 9.86. The summed E-state index contributed by atoms with van der Waals surface area (Å²) in [6.07, 6.45) is 2.77. The second-order valence-corrected chi connectivity index (χ2v) is 5.67. The Bertz CT molecular complexity index is 149. The zero-order chi connectivity index (χ0) is 9.84. The molecule has 1 nitrogen and oxygen atoms in total. The highest BCUT2D eigenvalue weighted by atomic mass is 127. The summed E-state index contributed by atoms with van der Waals surface area (Å²) < 4.78 is 1.30. The molecule has 0 radical (unpaired) electrons. The molecule has 0 amide bonds. The van der Waals surface area contributed by atoms with Crippen molar-refractivity contribution < 1.29 is 0 Å². The van der Waals surface area contributed by atoms with Gasteiger partial charge in [0.2, 0.25) is 0 Å². The molecular formula is C11H22IN. The first-order chi connectivity index (χ1) is 6.15. The molecule has 1 saturated heterocycles. The van der Waals surface area contributed by atoms with Crippen LogP contribution in [0.25, 0.3) is 0 Å². The molecule has 1 aliphatic heterocycles. The van der Waals surface area contributed by atoms with Gasteiger partial charge in [0.1, 0.15) is 0 Å². The first-order valence-corrected chi connectivity index (χ1v) is 6.97. The van der Waals surface area contributed by atoms with E-state index < -0.39 is 0 Å². The Morgan fingerprint density at radius 3 is 2.62 bits per heavy atom. The Morgan fingerprint density at radius 1 is 1.31 bits per heavy atom. The van der Waals surface area contributed by atoms with Gasteiger partial charge in [-0.25, -0.2) is 0 Å². The van der Waals surface area contributed by atoms with Gasteiger partial charge in [-0.2, -0.15) is 0 Å². The number of hydrogen-bond donors (Lipinski definition) is 0. The van der Waals surface area contributed by atoms with Gasteiger partial charge in [0.15, 0.2) is 0 Å². The predicted molar refractivity (Wildman–Crippen MR) is 67.5 cm³/mol. The van der Waals surface area contributed by atoms with E-state index in [2.05, 4.69) is 48.3 Å². The first-order valence-electron chi connectivity index (χ1n) is 5.45. The van der Waals surface area contributed by atoms with Gasteiger partial charge in [0.05, 0.1) is 0 Å². The van der Waals surface area contributed by atoms with E-state index in [-0.39, 0.29) is 0 Å². The molecule has 0 aliphatic carbocycles. The van der Waals surface area contributed by atoms with Crippen LogP contribution >= 0.6 is 22.6 Å². The van der Waals surface area contributed by atoms with E-state index in [0.29, 0.717) is 0 Å². The topological polar surface area (TPSA) is 3.24 Å². The molecule has 0 aromatic carbocycles. The highest BCUT2D eigenvalue weighted by molar-refractivity contribution is 14.1.